The molecule has 1 aliphatic rings. The van der Waals surface area contributed by atoms with Gasteiger partial charge in [-0.15, -0.1) is 0 Å². The van der Waals surface area contributed by atoms with Crippen molar-refractivity contribution >= 4 is 17.4 Å². The van der Waals surface area contributed by atoms with Crippen LogP contribution in [0.15, 0.2) is 36.5 Å². The van der Waals surface area contributed by atoms with Gasteiger partial charge in [-0.25, -0.2) is 4.98 Å². The third kappa shape index (κ3) is 2.13. The van der Waals surface area contributed by atoms with Gasteiger partial charge in [-0.2, -0.15) is 5.26 Å². The van der Waals surface area contributed by atoms with Crippen molar-refractivity contribution in [1.29, 1.82) is 5.26 Å². The van der Waals surface area contributed by atoms with E-state index in [0.717, 1.165) is 18.8 Å². The number of nitrogens with zero attached hydrogens (tertiary/aromatic N) is 3. The van der Waals surface area contributed by atoms with E-state index in [0.29, 0.717) is 10.6 Å². The molecule has 0 saturated heterocycles. The van der Waals surface area contributed by atoms with Crippen molar-refractivity contribution in [3.05, 3.63) is 58.2 Å². The van der Waals surface area contributed by atoms with Gasteiger partial charge in [0.2, 0.25) is 0 Å². The largest absolute Gasteiger partial charge is 0.348 e. The zero-order chi connectivity index (χ0) is 14.1. The second-order valence-corrected chi connectivity index (χ2v) is 5.37. The Hall–Kier alpha value is -2.05. The number of fused-ring (bicyclic) bond motifs is 1. The Morgan fingerprint density at radius 2 is 2.20 bits per heavy atom. The number of hydrogen-bond donors (Lipinski definition) is 0. The molecule has 0 bridgehead atoms. The van der Waals surface area contributed by atoms with E-state index in [2.05, 4.69) is 47.1 Å². The first-order valence-electron chi connectivity index (χ1n) is 6.61. The van der Waals surface area contributed by atoms with Crippen LogP contribution in [0.1, 0.15) is 29.7 Å². The minimum Gasteiger partial charge on any atom is -0.348 e. The minimum atomic E-state index is 0.234. The second-order valence-electron chi connectivity index (χ2n) is 4.96. The van der Waals surface area contributed by atoms with E-state index in [1.807, 2.05) is 0 Å². The van der Waals surface area contributed by atoms with Gasteiger partial charge in [0.25, 0.3) is 0 Å². The Morgan fingerprint density at radius 3 is 2.95 bits per heavy atom. The SMILES string of the molecule is CC1c2ccccc2CCN1c1ncc(C#N)cc1Cl. The van der Waals surface area contributed by atoms with Gasteiger partial charge in [-0.05, 0) is 30.5 Å². The molecule has 3 rings (SSSR count). The zero-order valence-electron chi connectivity index (χ0n) is 11.2. The van der Waals surface area contributed by atoms with E-state index in [-0.39, 0.29) is 6.04 Å². The first kappa shape index (κ1) is 13.0. The van der Waals surface area contributed by atoms with Crippen LogP contribution in [-0.4, -0.2) is 11.5 Å². The Balaban J connectivity index is 1.99. The highest BCUT2D eigenvalue weighted by Gasteiger charge is 2.25. The normalized spacial score (nSPS) is 17.4. The van der Waals surface area contributed by atoms with Crippen molar-refractivity contribution in [2.75, 3.05) is 11.4 Å². The molecular weight excluding hydrogens is 270 g/mol. The molecule has 0 N–H and O–H groups in total. The molecule has 1 aliphatic heterocycles. The summed E-state index contributed by atoms with van der Waals surface area (Å²) in [5, 5.41) is 9.42. The van der Waals surface area contributed by atoms with Crippen molar-refractivity contribution < 1.29 is 0 Å². The third-order valence-corrected chi connectivity index (χ3v) is 4.10. The molecule has 1 aromatic heterocycles. The molecule has 0 aliphatic carbocycles. The Kier molecular flexibility index (Phi) is 3.33. The summed E-state index contributed by atoms with van der Waals surface area (Å²) in [5.74, 6) is 0.757. The molecule has 1 atom stereocenters. The maximum absolute atomic E-state index is 8.88. The van der Waals surface area contributed by atoms with Crippen LogP contribution in [0.25, 0.3) is 0 Å². The lowest BCUT2D eigenvalue weighted by Gasteiger charge is -2.36. The number of pyridine rings is 1. The number of rotatable bonds is 1. The van der Waals surface area contributed by atoms with Gasteiger partial charge in [-0.1, -0.05) is 35.9 Å². The summed E-state index contributed by atoms with van der Waals surface area (Å²) >= 11 is 6.28. The number of anilines is 1. The van der Waals surface area contributed by atoms with E-state index < -0.39 is 0 Å². The Bertz CT molecular complexity index is 690. The number of nitriles is 1. The lowest BCUT2D eigenvalue weighted by Crippen LogP contribution is -2.34. The van der Waals surface area contributed by atoms with Gasteiger partial charge in [0.1, 0.15) is 11.9 Å². The first-order valence-corrected chi connectivity index (χ1v) is 6.98. The number of halogens is 1. The monoisotopic (exact) mass is 283 g/mol. The first-order chi connectivity index (χ1) is 9.70. The molecule has 0 radical (unpaired) electrons. The van der Waals surface area contributed by atoms with Gasteiger partial charge in [0, 0.05) is 12.7 Å². The number of aromatic nitrogens is 1. The fraction of sp³-hybridized carbons (Fsp3) is 0.250. The fourth-order valence-corrected chi connectivity index (χ4v) is 3.04. The predicted molar refractivity (Wildman–Crippen MR) is 79.9 cm³/mol. The van der Waals surface area contributed by atoms with Crippen LogP contribution in [0, 0.1) is 11.3 Å². The highest BCUT2D eigenvalue weighted by atomic mass is 35.5. The van der Waals surface area contributed by atoms with Gasteiger partial charge in [-0.3, -0.25) is 0 Å². The van der Waals surface area contributed by atoms with Gasteiger partial charge < -0.3 is 4.90 Å². The van der Waals surface area contributed by atoms with E-state index in [4.69, 9.17) is 16.9 Å². The van der Waals surface area contributed by atoms with Crippen molar-refractivity contribution in [2.24, 2.45) is 0 Å². The molecule has 0 spiro atoms. The fourth-order valence-electron chi connectivity index (χ4n) is 2.76. The molecule has 0 saturated carbocycles. The Morgan fingerprint density at radius 1 is 1.40 bits per heavy atom. The topological polar surface area (TPSA) is 39.9 Å². The van der Waals surface area contributed by atoms with Gasteiger partial charge in [0.15, 0.2) is 0 Å². The Labute approximate surface area is 123 Å². The predicted octanol–water partition coefficient (Wildman–Crippen LogP) is 3.73. The maximum atomic E-state index is 8.88. The smallest absolute Gasteiger partial charge is 0.147 e. The quantitative estimate of drug-likeness (QED) is 0.800. The summed E-state index contributed by atoms with van der Waals surface area (Å²) in [6.07, 6.45) is 2.56. The zero-order valence-corrected chi connectivity index (χ0v) is 11.9. The summed E-state index contributed by atoms with van der Waals surface area (Å²) in [6, 6.07) is 12.4. The summed E-state index contributed by atoms with van der Waals surface area (Å²) in [5.41, 5.74) is 3.20. The minimum absolute atomic E-state index is 0.234. The van der Waals surface area contributed by atoms with Crippen LogP contribution < -0.4 is 4.90 Å². The van der Waals surface area contributed by atoms with E-state index in [1.54, 1.807) is 12.3 Å². The number of benzene rings is 1. The molecule has 0 amide bonds. The average Bonchev–Trinajstić information content (AvgIpc) is 2.48. The van der Waals surface area contributed by atoms with Crippen LogP contribution in [0.4, 0.5) is 5.82 Å². The van der Waals surface area contributed by atoms with Crippen LogP contribution in [-0.2, 0) is 6.42 Å². The van der Waals surface area contributed by atoms with E-state index in [1.165, 1.54) is 11.1 Å². The molecule has 4 heteroatoms. The molecule has 0 fully saturated rings. The van der Waals surface area contributed by atoms with Crippen LogP contribution in [0.2, 0.25) is 5.02 Å². The maximum Gasteiger partial charge on any atom is 0.147 e. The summed E-state index contributed by atoms with van der Waals surface area (Å²) in [6.45, 7) is 3.05. The van der Waals surface area contributed by atoms with Crippen molar-refractivity contribution in [3.8, 4) is 6.07 Å². The molecular formula is C16H14ClN3. The third-order valence-electron chi connectivity index (χ3n) is 3.82. The standard InChI is InChI=1S/C16H14ClN3/c1-11-14-5-3-2-4-13(14)6-7-20(11)16-15(17)8-12(9-18)10-19-16/h2-5,8,10-11H,6-7H2,1H3. The molecule has 1 aromatic carbocycles. The van der Waals surface area contributed by atoms with Crippen LogP contribution in [0.3, 0.4) is 0 Å². The van der Waals surface area contributed by atoms with Crippen molar-refractivity contribution in [1.82, 2.24) is 4.98 Å². The van der Waals surface area contributed by atoms with E-state index in [9.17, 15) is 0 Å². The van der Waals surface area contributed by atoms with Crippen molar-refractivity contribution in [3.63, 3.8) is 0 Å². The van der Waals surface area contributed by atoms with Crippen LogP contribution in [0.5, 0.6) is 0 Å². The van der Waals surface area contributed by atoms with Gasteiger partial charge >= 0.3 is 0 Å². The molecule has 20 heavy (non-hydrogen) atoms. The van der Waals surface area contributed by atoms with Crippen molar-refractivity contribution in [2.45, 2.75) is 19.4 Å². The molecule has 2 heterocycles. The highest BCUT2D eigenvalue weighted by Crippen LogP contribution is 2.35. The molecule has 1 unspecified atom stereocenters. The highest BCUT2D eigenvalue weighted by molar-refractivity contribution is 6.33. The molecule has 2 aromatic rings. The summed E-state index contributed by atoms with van der Waals surface area (Å²) in [4.78, 5) is 6.57. The summed E-state index contributed by atoms with van der Waals surface area (Å²) in [7, 11) is 0. The molecule has 100 valence electrons. The van der Waals surface area contributed by atoms with Crippen LogP contribution >= 0.6 is 11.6 Å². The summed E-state index contributed by atoms with van der Waals surface area (Å²) < 4.78 is 0. The van der Waals surface area contributed by atoms with Gasteiger partial charge in [0.05, 0.1) is 16.6 Å². The van der Waals surface area contributed by atoms with E-state index >= 15 is 0 Å². The second kappa shape index (κ2) is 5.15. The average molecular weight is 284 g/mol. The lowest BCUT2D eigenvalue weighted by molar-refractivity contribution is 0.617. The molecule has 3 nitrogen and oxygen atoms in total. The lowest BCUT2D eigenvalue weighted by atomic mass is 9.93. The number of hydrogen-bond acceptors (Lipinski definition) is 3.